The summed E-state index contributed by atoms with van der Waals surface area (Å²) < 4.78 is 5.22. The average Bonchev–Trinajstić information content (AvgIpc) is 2.65. The van der Waals surface area contributed by atoms with Crippen molar-refractivity contribution < 1.29 is 19.4 Å². The van der Waals surface area contributed by atoms with E-state index in [1.54, 1.807) is 12.1 Å². The molecule has 2 aromatic carbocycles. The maximum atomic E-state index is 12.9. The molecule has 0 saturated heterocycles. The van der Waals surface area contributed by atoms with E-state index >= 15 is 0 Å². The van der Waals surface area contributed by atoms with Gasteiger partial charge in [-0.3, -0.25) is 14.5 Å². The first-order valence-electron chi connectivity index (χ1n) is 9.03. The summed E-state index contributed by atoms with van der Waals surface area (Å²) in [6.07, 6.45) is 0. The van der Waals surface area contributed by atoms with Gasteiger partial charge in [0.05, 0.1) is 26.4 Å². The van der Waals surface area contributed by atoms with Crippen molar-refractivity contribution in [2.24, 2.45) is 0 Å². The van der Waals surface area contributed by atoms with Gasteiger partial charge in [0.2, 0.25) is 0 Å². The minimum atomic E-state index is -0.309. The molecule has 0 atom stereocenters. The number of carbonyl (C=O) groups excluding carboxylic acids is 2. The summed E-state index contributed by atoms with van der Waals surface area (Å²) in [5.41, 5.74) is 1.97. The predicted octanol–water partition coefficient (Wildman–Crippen LogP) is 1.42. The lowest BCUT2D eigenvalue weighted by Gasteiger charge is -2.28. The number of amides is 2. The van der Waals surface area contributed by atoms with Crippen molar-refractivity contribution in [2.75, 3.05) is 58.9 Å². The molecule has 2 amide bonds. The summed E-state index contributed by atoms with van der Waals surface area (Å²) in [5.74, 6) is -0.618. The standard InChI is InChI=1S/C20H25N3O4/c1-22(2)9-8-21-17-7-6-16-18-14(17)4-3-5-15(18)19(25)23(20(16)26)10-12-27-13-11-24/h3-7,21,24H,8-13H2,1-2H3. The molecule has 144 valence electrons. The highest BCUT2D eigenvalue weighted by Gasteiger charge is 2.32. The van der Waals surface area contributed by atoms with Crippen LogP contribution in [0, 0.1) is 0 Å². The van der Waals surface area contributed by atoms with Crippen molar-refractivity contribution in [3.63, 3.8) is 0 Å². The normalized spacial score (nSPS) is 13.7. The van der Waals surface area contributed by atoms with Gasteiger partial charge < -0.3 is 20.1 Å². The Bertz CT molecular complexity index is 828. The van der Waals surface area contributed by atoms with Crippen molar-refractivity contribution in [3.8, 4) is 0 Å². The van der Waals surface area contributed by atoms with E-state index in [1.807, 2.05) is 32.3 Å². The molecule has 0 fully saturated rings. The summed E-state index contributed by atoms with van der Waals surface area (Å²) in [6, 6.07) is 9.20. The van der Waals surface area contributed by atoms with E-state index < -0.39 is 0 Å². The Kier molecular flexibility index (Phi) is 6.05. The Labute approximate surface area is 158 Å². The van der Waals surface area contributed by atoms with Gasteiger partial charge in [-0.2, -0.15) is 0 Å². The molecule has 1 heterocycles. The number of nitrogens with zero attached hydrogens (tertiary/aromatic N) is 2. The quantitative estimate of drug-likeness (QED) is 0.512. The molecule has 0 saturated carbocycles. The molecule has 3 rings (SSSR count). The van der Waals surface area contributed by atoms with Gasteiger partial charge in [-0.1, -0.05) is 12.1 Å². The fourth-order valence-corrected chi connectivity index (χ4v) is 3.24. The maximum absolute atomic E-state index is 12.9. The molecule has 0 bridgehead atoms. The zero-order chi connectivity index (χ0) is 19.4. The van der Waals surface area contributed by atoms with Crippen LogP contribution in [-0.2, 0) is 4.74 Å². The first kappa shape index (κ1) is 19.3. The van der Waals surface area contributed by atoms with Gasteiger partial charge in [0.15, 0.2) is 0 Å². The zero-order valence-electron chi connectivity index (χ0n) is 15.7. The molecule has 0 radical (unpaired) electrons. The van der Waals surface area contributed by atoms with E-state index in [1.165, 1.54) is 4.90 Å². The molecule has 0 spiro atoms. The molecule has 27 heavy (non-hydrogen) atoms. The van der Waals surface area contributed by atoms with Crippen LogP contribution in [0.3, 0.4) is 0 Å². The van der Waals surface area contributed by atoms with Crippen LogP contribution in [0.1, 0.15) is 20.7 Å². The third-order valence-corrected chi connectivity index (χ3v) is 4.56. The molecule has 0 unspecified atom stereocenters. The van der Waals surface area contributed by atoms with Crippen molar-refractivity contribution >= 4 is 28.3 Å². The summed E-state index contributed by atoms with van der Waals surface area (Å²) >= 11 is 0. The number of rotatable bonds is 9. The van der Waals surface area contributed by atoms with E-state index in [4.69, 9.17) is 9.84 Å². The van der Waals surface area contributed by atoms with Crippen molar-refractivity contribution in [3.05, 3.63) is 41.5 Å². The number of anilines is 1. The summed E-state index contributed by atoms with van der Waals surface area (Å²) in [7, 11) is 4.02. The topological polar surface area (TPSA) is 82.1 Å². The zero-order valence-corrected chi connectivity index (χ0v) is 15.7. The number of carbonyl (C=O) groups is 2. The van der Waals surface area contributed by atoms with Crippen molar-refractivity contribution in [1.82, 2.24) is 9.80 Å². The Hall–Kier alpha value is -2.48. The molecule has 1 aliphatic rings. The number of likely N-dealkylation sites (N-methyl/N-ethyl adjacent to an activating group) is 1. The predicted molar refractivity (Wildman–Crippen MR) is 104 cm³/mol. The molecule has 2 aromatic rings. The van der Waals surface area contributed by atoms with E-state index in [0.29, 0.717) is 16.5 Å². The van der Waals surface area contributed by atoms with E-state index in [0.717, 1.165) is 24.2 Å². The minimum Gasteiger partial charge on any atom is -0.394 e. The van der Waals surface area contributed by atoms with E-state index in [2.05, 4.69) is 10.2 Å². The second-order valence-corrected chi connectivity index (χ2v) is 6.72. The van der Waals surface area contributed by atoms with Crippen molar-refractivity contribution in [1.29, 1.82) is 0 Å². The van der Waals surface area contributed by atoms with Crippen LogP contribution in [0.2, 0.25) is 0 Å². The minimum absolute atomic E-state index is 0.0896. The third kappa shape index (κ3) is 3.95. The number of imide groups is 1. The largest absolute Gasteiger partial charge is 0.394 e. The van der Waals surface area contributed by atoms with Gasteiger partial charge in [0.25, 0.3) is 11.8 Å². The SMILES string of the molecule is CN(C)CCNc1ccc2c3c(cccc13)C(=O)N(CCOCCO)C2=O. The van der Waals surface area contributed by atoms with Crippen LogP contribution in [0.5, 0.6) is 0 Å². The lowest BCUT2D eigenvalue weighted by molar-refractivity contribution is 0.0478. The molecular formula is C20H25N3O4. The fourth-order valence-electron chi connectivity index (χ4n) is 3.24. The molecular weight excluding hydrogens is 346 g/mol. The number of hydrogen-bond donors (Lipinski definition) is 2. The van der Waals surface area contributed by atoms with Crippen LogP contribution in [0.4, 0.5) is 5.69 Å². The Morgan fingerprint density at radius 2 is 1.81 bits per heavy atom. The number of aliphatic hydroxyl groups excluding tert-OH is 1. The summed E-state index contributed by atoms with van der Waals surface area (Å²) in [6.45, 7) is 2.10. The number of aliphatic hydroxyl groups is 1. The second kappa shape index (κ2) is 8.47. The fraction of sp³-hybridized carbons (Fsp3) is 0.400. The number of hydrogen-bond acceptors (Lipinski definition) is 6. The monoisotopic (exact) mass is 371 g/mol. The third-order valence-electron chi connectivity index (χ3n) is 4.56. The lowest BCUT2D eigenvalue weighted by atomic mass is 9.93. The van der Waals surface area contributed by atoms with Gasteiger partial charge in [-0.15, -0.1) is 0 Å². The Morgan fingerprint density at radius 3 is 2.52 bits per heavy atom. The number of nitrogens with one attached hydrogen (secondary N) is 1. The molecule has 7 nitrogen and oxygen atoms in total. The van der Waals surface area contributed by atoms with Gasteiger partial charge in [0, 0.05) is 40.7 Å². The van der Waals surface area contributed by atoms with Crippen LogP contribution >= 0.6 is 0 Å². The van der Waals surface area contributed by atoms with Gasteiger partial charge in [0.1, 0.15) is 0 Å². The van der Waals surface area contributed by atoms with Gasteiger partial charge >= 0.3 is 0 Å². The number of ether oxygens (including phenoxy) is 1. The molecule has 0 aromatic heterocycles. The van der Waals surface area contributed by atoms with Gasteiger partial charge in [-0.05, 0) is 32.3 Å². The first-order valence-corrected chi connectivity index (χ1v) is 9.03. The van der Waals surface area contributed by atoms with E-state index in [-0.39, 0.29) is 38.2 Å². The summed E-state index contributed by atoms with van der Waals surface area (Å²) in [4.78, 5) is 29.0. The lowest BCUT2D eigenvalue weighted by Crippen LogP contribution is -2.42. The number of benzene rings is 2. The van der Waals surface area contributed by atoms with Crippen LogP contribution in [0.25, 0.3) is 10.8 Å². The molecule has 7 heteroatoms. The Balaban J connectivity index is 1.90. The van der Waals surface area contributed by atoms with Crippen LogP contribution < -0.4 is 5.32 Å². The van der Waals surface area contributed by atoms with E-state index in [9.17, 15) is 9.59 Å². The van der Waals surface area contributed by atoms with Crippen LogP contribution in [-0.4, -0.2) is 80.3 Å². The highest BCUT2D eigenvalue weighted by Crippen LogP contribution is 2.34. The smallest absolute Gasteiger partial charge is 0.261 e. The highest BCUT2D eigenvalue weighted by atomic mass is 16.5. The average molecular weight is 371 g/mol. The molecule has 2 N–H and O–H groups in total. The van der Waals surface area contributed by atoms with Crippen LogP contribution in [0.15, 0.2) is 30.3 Å². The second-order valence-electron chi connectivity index (χ2n) is 6.72. The Morgan fingerprint density at radius 1 is 1.07 bits per heavy atom. The maximum Gasteiger partial charge on any atom is 0.261 e. The van der Waals surface area contributed by atoms with Gasteiger partial charge in [-0.25, -0.2) is 0 Å². The van der Waals surface area contributed by atoms with Crippen molar-refractivity contribution in [2.45, 2.75) is 0 Å². The first-order chi connectivity index (χ1) is 13.0. The molecule has 1 aliphatic heterocycles. The molecule has 0 aliphatic carbocycles. The summed E-state index contributed by atoms with van der Waals surface area (Å²) in [5, 5.41) is 13.7. The highest BCUT2D eigenvalue weighted by molar-refractivity contribution is 6.26.